The van der Waals surface area contributed by atoms with Gasteiger partial charge in [0.2, 0.25) is 0 Å². The monoisotopic (exact) mass is 486 g/mol. The largest absolute Gasteiger partial charge is 0.416 e. The molecule has 168 valence electrons. The van der Waals surface area contributed by atoms with Gasteiger partial charge in [-0.05, 0) is 78.0 Å². The maximum atomic E-state index is 13.2. The van der Waals surface area contributed by atoms with Gasteiger partial charge in [0.25, 0.3) is 5.91 Å². The zero-order valence-corrected chi connectivity index (χ0v) is 18.9. The molecular formula is C25H18ClF3N2OS. The van der Waals surface area contributed by atoms with E-state index < -0.39 is 11.7 Å². The molecule has 0 bridgehead atoms. The van der Waals surface area contributed by atoms with E-state index in [9.17, 15) is 18.0 Å². The molecule has 0 unspecified atom stereocenters. The molecule has 0 saturated carbocycles. The highest BCUT2D eigenvalue weighted by Gasteiger charge is 2.30. The number of thioether (sulfide) groups is 1. The van der Waals surface area contributed by atoms with E-state index in [2.05, 4.69) is 10.3 Å². The summed E-state index contributed by atoms with van der Waals surface area (Å²) in [7, 11) is 0. The molecule has 33 heavy (non-hydrogen) atoms. The molecule has 0 aliphatic rings. The average molecular weight is 487 g/mol. The summed E-state index contributed by atoms with van der Waals surface area (Å²) < 4.78 is 38.9. The Morgan fingerprint density at radius 3 is 2.36 bits per heavy atom. The molecule has 2 N–H and O–H groups in total. The van der Waals surface area contributed by atoms with Crippen molar-refractivity contribution in [3.05, 3.63) is 95.1 Å². The first-order valence-electron chi connectivity index (χ1n) is 9.86. The van der Waals surface area contributed by atoms with E-state index >= 15 is 0 Å². The van der Waals surface area contributed by atoms with Gasteiger partial charge in [0.05, 0.1) is 10.6 Å². The van der Waals surface area contributed by atoms with E-state index in [1.807, 2.05) is 18.4 Å². The second-order valence-corrected chi connectivity index (χ2v) is 8.51. The third kappa shape index (κ3) is 5.10. The second kappa shape index (κ2) is 9.37. The van der Waals surface area contributed by atoms with E-state index in [1.54, 1.807) is 42.6 Å². The Morgan fingerprint density at radius 1 is 0.970 bits per heavy atom. The first kappa shape index (κ1) is 23.0. The van der Waals surface area contributed by atoms with Gasteiger partial charge in [-0.25, -0.2) is 0 Å². The number of aromatic nitrogens is 1. The van der Waals surface area contributed by atoms with Gasteiger partial charge in [-0.2, -0.15) is 13.2 Å². The highest BCUT2D eigenvalue weighted by molar-refractivity contribution is 7.98. The zero-order valence-electron chi connectivity index (χ0n) is 17.3. The van der Waals surface area contributed by atoms with Crippen LogP contribution in [-0.4, -0.2) is 17.1 Å². The number of hydrogen-bond donors (Lipinski definition) is 2. The smallest absolute Gasteiger partial charge is 0.361 e. The first-order valence-corrected chi connectivity index (χ1v) is 11.5. The molecule has 4 aromatic rings. The third-order valence-corrected chi connectivity index (χ3v) is 6.16. The van der Waals surface area contributed by atoms with Gasteiger partial charge < -0.3 is 10.3 Å². The van der Waals surface area contributed by atoms with Crippen molar-refractivity contribution in [3.63, 3.8) is 0 Å². The predicted molar refractivity (Wildman–Crippen MR) is 128 cm³/mol. The van der Waals surface area contributed by atoms with Crippen molar-refractivity contribution in [2.45, 2.75) is 11.1 Å². The Balaban J connectivity index is 1.68. The molecule has 1 aromatic heterocycles. The lowest BCUT2D eigenvalue weighted by molar-refractivity contribution is -0.137. The van der Waals surface area contributed by atoms with Crippen molar-refractivity contribution in [3.8, 4) is 22.4 Å². The Labute approximate surface area is 198 Å². The molecule has 3 aromatic carbocycles. The van der Waals surface area contributed by atoms with Crippen LogP contribution < -0.4 is 5.32 Å². The van der Waals surface area contributed by atoms with E-state index in [1.165, 1.54) is 23.9 Å². The molecule has 1 amide bonds. The SMILES string of the molecule is CSc1ccc(C(=O)Nc2ccc(Cl)c(-c3ccc[nH]3)c2)c(-c2ccc(C(F)(F)F)cc2)c1. The van der Waals surface area contributed by atoms with Gasteiger partial charge in [-0.15, -0.1) is 11.8 Å². The number of halogens is 4. The topological polar surface area (TPSA) is 44.9 Å². The molecule has 0 spiro atoms. The van der Waals surface area contributed by atoms with Crippen LogP contribution in [-0.2, 0) is 6.18 Å². The third-order valence-electron chi connectivity index (χ3n) is 5.11. The Bertz CT molecular complexity index is 1290. The summed E-state index contributed by atoms with van der Waals surface area (Å²) in [6.45, 7) is 0. The fourth-order valence-electron chi connectivity index (χ4n) is 3.43. The summed E-state index contributed by atoms with van der Waals surface area (Å²) in [5.74, 6) is -0.377. The number of alkyl halides is 3. The summed E-state index contributed by atoms with van der Waals surface area (Å²) in [5.41, 5.74) is 2.77. The summed E-state index contributed by atoms with van der Waals surface area (Å²) in [4.78, 5) is 17.2. The Morgan fingerprint density at radius 2 is 1.73 bits per heavy atom. The minimum Gasteiger partial charge on any atom is -0.361 e. The van der Waals surface area contributed by atoms with Crippen LogP contribution in [0.4, 0.5) is 18.9 Å². The maximum Gasteiger partial charge on any atom is 0.416 e. The van der Waals surface area contributed by atoms with E-state index in [4.69, 9.17) is 11.6 Å². The van der Waals surface area contributed by atoms with Gasteiger partial charge in [0.15, 0.2) is 0 Å². The van der Waals surface area contributed by atoms with Crippen molar-refractivity contribution < 1.29 is 18.0 Å². The van der Waals surface area contributed by atoms with Gasteiger partial charge in [-0.3, -0.25) is 4.79 Å². The molecule has 1 heterocycles. The summed E-state index contributed by atoms with van der Waals surface area (Å²) in [5, 5.41) is 3.41. The quantitative estimate of drug-likeness (QED) is 0.281. The number of anilines is 1. The summed E-state index contributed by atoms with van der Waals surface area (Å²) in [6, 6.07) is 19.0. The molecule has 0 aliphatic heterocycles. The van der Waals surface area contributed by atoms with Gasteiger partial charge in [0, 0.05) is 33.6 Å². The molecule has 0 fully saturated rings. The molecule has 0 atom stereocenters. The van der Waals surface area contributed by atoms with Crippen LogP contribution in [0.5, 0.6) is 0 Å². The van der Waals surface area contributed by atoms with E-state index in [-0.39, 0.29) is 5.91 Å². The summed E-state index contributed by atoms with van der Waals surface area (Å²) >= 11 is 7.79. The Kier molecular flexibility index (Phi) is 6.54. The number of aromatic amines is 1. The average Bonchev–Trinajstić information content (AvgIpc) is 3.34. The molecule has 8 heteroatoms. The normalized spacial score (nSPS) is 11.4. The lowest BCUT2D eigenvalue weighted by atomic mass is 9.98. The molecule has 4 rings (SSSR count). The van der Waals surface area contributed by atoms with Crippen molar-refractivity contribution in [2.24, 2.45) is 0 Å². The number of nitrogens with one attached hydrogen (secondary N) is 2. The fraction of sp³-hybridized carbons (Fsp3) is 0.0800. The van der Waals surface area contributed by atoms with Gasteiger partial charge in [-0.1, -0.05) is 23.7 Å². The molecule has 0 radical (unpaired) electrons. The minimum absolute atomic E-state index is 0.351. The van der Waals surface area contributed by atoms with Crippen molar-refractivity contribution >= 4 is 35.0 Å². The van der Waals surface area contributed by atoms with Crippen LogP contribution in [0.2, 0.25) is 5.02 Å². The van der Waals surface area contributed by atoms with Gasteiger partial charge in [0.1, 0.15) is 0 Å². The van der Waals surface area contributed by atoms with Crippen LogP contribution in [0, 0.1) is 0 Å². The van der Waals surface area contributed by atoms with Crippen LogP contribution in [0.1, 0.15) is 15.9 Å². The highest BCUT2D eigenvalue weighted by atomic mass is 35.5. The van der Waals surface area contributed by atoms with Gasteiger partial charge >= 0.3 is 6.18 Å². The molecule has 0 aliphatic carbocycles. The number of carbonyl (C=O) groups is 1. The van der Waals surface area contributed by atoms with E-state index in [0.29, 0.717) is 27.4 Å². The lowest BCUT2D eigenvalue weighted by Crippen LogP contribution is -2.13. The van der Waals surface area contributed by atoms with Crippen LogP contribution in [0.25, 0.3) is 22.4 Å². The maximum absolute atomic E-state index is 13.2. The van der Waals surface area contributed by atoms with Crippen LogP contribution >= 0.6 is 23.4 Å². The van der Waals surface area contributed by atoms with Crippen molar-refractivity contribution in [1.29, 1.82) is 0 Å². The van der Waals surface area contributed by atoms with Crippen LogP contribution in [0.3, 0.4) is 0 Å². The number of rotatable bonds is 5. The number of amides is 1. The highest BCUT2D eigenvalue weighted by Crippen LogP contribution is 2.34. The molecule has 3 nitrogen and oxygen atoms in total. The fourth-order valence-corrected chi connectivity index (χ4v) is 4.09. The number of hydrogen-bond acceptors (Lipinski definition) is 2. The lowest BCUT2D eigenvalue weighted by Gasteiger charge is -2.14. The van der Waals surface area contributed by atoms with E-state index in [0.717, 1.165) is 28.3 Å². The Hall–Kier alpha value is -3.16. The summed E-state index contributed by atoms with van der Waals surface area (Å²) in [6.07, 6.45) is -0.757. The van der Waals surface area contributed by atoms with Crippen LogP contribution in [0.15, 0.2) is 83.9 Å². The van der Waals surface area contributed by atoms with Crippen molar-refractivity contribution in [1.82, 2.24) is 4.98 Å². The standard InChI is InChI=1S/C25H18ClF3N2OS/c1-33-18-9-10-19(20(14-18)15-4-6-16(7-5-15)25(27,28)29)24(32)31-17-8-11-22(26)21(13-17)23-3-2-12-30-23/h2-14,30H,1H3,(H,31,32). The number of carbonyl (C=O) groups excluding carboxylic acids is 1. The minimum atomic E-state index is -4.43. The predicted octanol–water partition coefficient (Wildman–Crippen LogP) is 8.00. The zero-order chi connectivity index (χ0) is 23.6. The number of benzene rings is 3. The molecular weight excluding hydrogens is 469 g/mol. The first-order chi connectivity index (χ1) is 15.8. The second-order valence-electron chi connectivity index (χ2n) is 7.22. The molecule has 0 saturated heterocycles. The van der Waals surface area contributed by atoms with Crippen molar-refractivity contribution in [2.75, 3.05) is 11.6 Å². The number of H-pyrrole nitrogens is 1.